The Morgan fingerprint density at radius 1 is 1.39 bits per heavy atom. The van der Waals surface area contributed by atoms with Crippen LogP contribution in [0.5, 0.6) is 11.5 Å². The third-order valence-corrected chi connectivity index (χ3v) is 2.45. The van der Waals surface area contributed by atoms with Gasteiger partial charge in [0.1, 0.15) is 12.9 Å². The molecule has 0 fully saturated rings. The first-order valence-corrected chi connectivity index (χ1v) is 5.28. The monoisotopic (exact) mass is 244 g/mol. The van der Waals surface area contributed by atoms with Gasteiger partial charge in [-0.2, -0.15) is 5.26 Å². The summed E-state index contributed by atoms with van der Waals surface area (Å²) in [5, 5.41) is 16.5. The first kappa shape index (κ1) is 11.9. The van der Waals surface area contributed by atoms with Crippen LogP contribution in [-0.4, -0.2) is 21.9 Å². The van der Waals surface area contributed by atoms with Crippen LogP contribution in [0.2, 0.25) is 0 Å². The Kier molecular flexibility index (Phi) is 3.44. The second-order valence-electron chi connectivity index (χ2n) is 3.62. The lowest BCUT2D eigenvalue weighted by atomic mass is 10.2. The van der Waals surface area contributed by atoms with Crippen LogP contribution in [0.4, 0.5) is 0 Å². The van der Waals surface area contributed by atoms with Crippen molar-refractivity contribution < 1.29 is 9.47 Å². The highest BCUT2D eigenvalue weighted by Gasteiger charge is 2.08. The van der Waals surface area contributed by atoms with Gasteiger partial charge in [-0.15, -0.1) is 10.2 Å². The van der Waals surface area contributed by atoms with Gasteiger partial charge in [0.2, 0.25) is 0 Å². The zero-order valence-electron chi connectivity index (χ0n) is 10.1. The van der Waals surface area contributed by atoms with Crippen LogP contribution in [0.25, 0.3) is 0 Å². The van der Waals surface area contributed by atoms with Gasteiger partial charge in [0, 0.05) is 13.1 Å². The summed E-state index contributed by atoms with van der Waals surface area (Å²) in [5.41, 5.74) is 0.526. The number of nitrogens with zero attached hydrogens (tertiary/aromatic N) is 4. The number of hydrogen-bond donors (Lipinski definition) is 0. The van der Waals surface area contributed by atoms with E-state index in [4.69, 9.17) is 14.7 Å². The van der Waals surface area contributed by atoms with Crippen LogP contribution in [0.1, 0.15) is 11.4 Å². The van der Waals surface area contributed by atoms with E-state index in [9.17, 15) is 0 Å². The van der Waals surface area contributed by atoms with Crippen LogP contribution in [0.15, 0.2) is 24.5 Å². The van der Waals surface area contributed by atoms with Crippen molar-refractivity contribution >= 4 is 0 Å². The molecule has 0 saturated heterocycles. The fourth-order valence-electron chi connectivity index (χ4n) is 1.44. The summed E-state index contributed by atoms with van der Waals surface area (Å²) in [5.74, 6) is 1.80. The number of aromatic nitrogens is 3. The quantitative estimate of drug-likeness (QED) is 0.809. The highest BCUT2D eigenvalue weighted by Crippen LogP contribution is 2.28. The number of benzene rings is 1. The molecule has 0 aliphatic carbocycles. The van der Waals surface area contributed by atoms with E-state index in [0.717, 1.165) is 0 Å². The van der Waals surface area contributed by atoms with E-state index in [1.165, 1.54) is 7.11 Å². The highest BCUT2D eigenvalue weighted by atomic mass is 16.5. The predicted octanol–water partition coefficient (Wildman–Crippen LogP) is 1.27. The van der Waals surface area contributed by atoms with Gasteiger partial charge >= 0.3 is 0 Å². The van der Waals surface area contributed by atoms with Gasteiger partial charge in [-0.25, -0.2) is 0 Å². The van der Waals surface area contributed by atoms with Crippen molar-refractivity contribution in [3.8, 4) is 17.6 Å². The van der Waals surface area contributed by atoms with E-state index in [-0.39, 0.29) is 0 Å². The van der Waals surface area contributed by atoms with E-state index >= 15 is 0 Å². The van der Waals surface area contributed by atoms with Gasteiger partial charge in [-0.05, 0) is 12.1 Å². The standard InChI is InChI=1S/C12H12N4O2/c1-16-8-14-15-12(16)7-18-10-4-3-9(6-13)5-11(10)17-2/h3-5,8H,7H2,1-2H3. The van der Waals surface area contributed by atoms with Gasteiger partial charge in [-0.1, -0.05) is 0 Å². The summed E-state index contributed by atoms with van der Waals surface area (Å²) in [7, 11) is 3.38. The van der Waals surface area contributed by atoms with Crippen molar-refractivity contribution in [1.29, 1.82) is 5.26 Å². The van der Waals surface area contributed by atoms with Crippen molar-refractivity contribution in [3.63, 3.8) is 0 Å². The fourth-order valence-corrected chi connectivity index (χ4v) is 1.44. The maximum Gasteiger partial charge on any atom is 0.170 e. The van der Waals surface area contributed by atoms with Gasteiger partial charge in [0.15, 0.2) is 17.3 Å². The normalized spacial score (nSPS) is 9.83. The third-order valence-electron chi connectivity index (χ3n) is 2.45. The molecule has 1 heterocycles. The largest absolute Gasteiger partial charge is 0.493 e. The molecule has 0 N–H and O–H groups in total. The molecular formula is C12H12N4O2. The molecule has 0 radical (unpaired) electrons. The molecule has 0 saturated carbocycles. The number of methoxy groups -OCH3 is 1. The molecule has 2 aromatic rings. The van der Waals surface area contributed by atoms with Crippen molar-refractivity contribution in [3.05, 3.63) is 35.9 Å². The van der Waals surface area contributed by atoms with E-state index in [0.29, 0.717) is 29.5 Å². The molecule has 1 aromatic heterocycles. The topological polar surface area (TPSA) is 73.0 Å². The van der Waals surface area contributed by atoms with Crippen molar-refractivity contribution in [2.75, 3.05) is 7.11 Å². The average molecular weight is 244 g/mol. The lowest BCUT2D eigenvalue weighted by molar-refractivity contribution is 0.272. The highest BCUT2D eigenvalue weighted by molar-refractivity contribution is 5.46. The summed E-state index contributed by atoms with van der Waals surface area (Å²) in [6, 6.07) is 7.05. The Morgan fingerprint density at radius 3 is 2.83 bits per heavy atom. The van der Waals surface area contributed by atoms with Crippen LogP contribution in [0, 0.1) is 11.3 Å². The summed E-state index contributed by atoms with van der Waals surface area (Å²) < 4.78 is 12.5. The smallest absolute Gasteiger partial charge is 0.170 e. The maximum absolute atomic E-state index is 8.80. The van der Waals surface area contributed by atoms with E-state index < -0.39 is 0 Å². The molecule has 0 bridgehead atoms. The average Bonchev–Trinajstić information content (AvgIpc) is 2.81. The van der Waals surface area contributed by atoms with Crippen molar-refractivity contribution in [1.82, 2.24) is 14.8 Å². The summed E-state index contributed by atoms with van der Waals surface area (Å²) in [4.78, 5) is 0. The second kappa shape index (κ2) is 5.19. The molecule has 0 atom stereocenters. The molecular weight excluding hydrogens is 232 g/mol. The Morgan fingerprint density at radius 2 is 2.22 bits per heavy atom. The zero-order chi connectivity index (χ0) is 13.0. The first-order chi connectivity index (χ1) is 8.74. The predicted molar refractivity (Wildman–Crippen MR) is 63.0 cm³/mol. The second-order valence-corrected chi connectivity index (χ2v) is 3.62. The van der Waals surface area contributed by atoms with E-state index in [2.05, 4.69) is 10.2 Å². The number of hydrogen-bond acceptors (Lipinski definition) is 5. The molecule has 0 amide bonds. The fraction of sp³-hybridized carbons (Fsp3) is 0.250. The Balaban J connectivity index is 2.15. The maximum atomic E-state index is 8.80. The lowest BCUT2D eigenvalue weighted by Gasteiger charge is -2.10. The zero-order valence-corrected chi connectivity index (χ0v) is 10.1. The lowest BCUT2D eigenvalue weighted by Crippen LogP contribution is -2.04. The Hall–Kier alpha value is -2.55. The molecule has 0 spiro atoms. The molecule has 6 heteroatoms. The van der Waals surface area contributed by atoms with E-state index in [1.807, 2.05) is 13.1 Å². The summed E-state index contributed by atoms with van der Waals surface area (Å²) >= 11 is 0. The van der Waals surface area contributed by atoms with Crippen LogP contribution in [0.3, 0.4) is 0 Å². The summed E-state index contributed by atoms with van der Waals surface area (Å²) in [6.07, 6.45) is 1.61. The molecule has 6 nitrogen and oxygen atoms in total. The molecule has 0 aliphatic rings. The summed E-state index contributed by atoms with van der Waals surface area (Å²) in [6.45, 7) is 0.290. The third kappa shape index (κ3) is 2.40. The SMILES string of the molecule is COc1cc(C#N)ccc1OCc1nncn1C. The molecule has 0 unspecified atom stereocenters. The molecule has 0 aliphatic heterocycles. The number of ether oxygens (including phenoxy) is 2. The van der Waals surface area contributed by atoms with Gasteiger partial charge in [0.05, 0.1) is 18.7 Å². The Labute approximate surface area is 104 Å². The molecule has 92 valence electrons. The number of aryl methyl sites for hydroxylation is 1. The van der Waals surface area contributed by atoms with Crippen LogP contribution < -0.4 is 9.47 Å². The van der Waals surface area contributed by atoms with Crippen molar-refractivity contribution in [2.24, 2.45) is 7.05 Å². The van der Waals surface area contributed by atoms with Crippen LogP contribution >= 0.6 is 0 Å². The van der Waals surface area contributed by atoms with E-state index in [1.54, 1.807) is 29.1 Å². The minimum atomic E-state index is 0.290. The van der Waals surface area contributed by atoms with Gasteiger partial charge < -0.3 is 14.0 Å². The molecule has 2 rings (SSSR count). The minimum Gasteiger partial charge on any atom is -0.493 e. The molecule has 1 aromatic carbocycles. The van der Waals surface area contributed by atoms with Crippen LogP contribution in [-0.2, 0) is 13.7 Å². The minimum absolute atomic E-state index is 0.290. The Bertz CT molecular complexity index is 586. The number of nitriles is 1. The van der Waals surface area contributed by atoms with Crippen molar-refractivity contribution in [2.45, 2.75) is 6.61 Å². The first-order valence-electron chi connectivity index (χ1n) is 5.28. The van der Waals surface area contributed by atoms with Gasteiger partial charge in [0.25, 0.3) is 0 Å². The molecule has 18 heavy (non-hydrogen) atoms. The van der Waals surface area contributed by atoms with Gasteiger partial charge in [-0.3, -0.25) is 0 Å². The number of rotatable bonds is 4.